The Morgan fingerprint density at radius 1 is 1.17 bits per heavy atom. The Morgan fingerprint density at radius 2 is 1.83 bits per heavy atom. The zero-order valence-corrected chi connectivity index (χ0v) is 15.5. The molecule has 1 atom stereocenters. The van der Waals surface area contributed by atoms with E-state index >= 15 is 0 Å². The molecule has 4 nitrogen and oxygen atoms in total. The van der Waals surface area contributed by atoms with Gasteiger partial charge in [0.1, 0.15) is 18.1 Å². The van der Waals surface area contributed by atoms with Crippen LogP contribution in [0.1, 0.15) is 12.5 Å². The second-order valence-electron chi connectivity index (χ2n) is 5.45. The van der Waals surface area contributed by atoms with Crippen LogP contribution in [0.2, 0.25) is 5.02 Å². The van der Waals surface area contributed by atoms with Gasteiger partial charge in [-0.2, -0.15) is 0 Å². The van der Waals surface area contributed by atoms with Crippen LogP contribution in [0.5, 0.6) is 11.5 Å². The Bertz CT molecular complexity index is 692. The monoisotopic (exact) mass is 364 g/mol. The molecular weight excluding hydrogens is 344 g/mol. The minimum atomic E-state index is 0.0491. The van der Waals surface area contributed by atoms with E-state index in [2.05, 4.69) is 10.6 Å². The topological polar surface area (TPSA) is 42.5 Å². The van der Waals surface area contributed by atoms with Crippen LogP contribution in [0.15, 0.2) is 42.5 Å². The smallest absolute Gasteiger partial charge is 0.171 e. The van der Waals surface area contributed by atoms with E-state index in [1.54, 1.807) is 7.11 Å². The van der Waals surface area contributed by atoms with Crippen molar-refractivity contribution in [3.63, 3.8) is 0 Å². The zero-order chi connectivity index (χ0) is 17.5. The summed E-state index contributed by atoms with van der Waals surface area (Å²) in [6.07, 6.45) is 0. The Hall–Kier alpha value is -1.98. The summed E-state index contributed by atoms with van der Waals surface area (Å²) in [5.74, 6) is 1.59. The lowest BCUT2D eigenvalue weighted by Crippen LogP contribution is -2.39. The molecule has 0 fully saturated rings. The fraction of sp³-hybridized carbons (Fsp3) is 0.278. The molecule has 0 spiro atoms. The van der Waals surface area contributed by atoms with Gasteiger partial charge in [0.25, 0.3) is 0 Å². The van der Waals surface area contributed by atoms with Gasteiger partial charge in [0.15, 0.2) is 5.11 Å². The molecule has 6 heteroatoms. The standard InChI is InChI=1S/C18H21ClN2O2S/c1-12-4-5-14(10-17(12)19)21-18(24)20-13(2)11-23-16-8-6-15(22-3)7-9-16/h4-10,13H,11H2,1-3H3,(H2,20,21,24). The molecule has 2 N–H and O–H groups in total. The summed E-state index contributed by atoms with van der Waals surface area (Å²) in [4.78, 5) is 0. The molecule has 0 radical (unpaired) electrons. The van der Waals surface area contributed by atoms with Crippen molar-refractivity contribution in [2.45, 2.75) is 19.9 Å². The first-order valence-electron chi connectivity index (χ1n) is 7.58. The van der Waals surface area contributed by atoms with E-state index in [9.17, 15) is 0 Å². The lowest BCUT2D eigenvalue weighted by molar-refractivity contribution is 0.286. The van der Waals surface area contributed by atoms with Gasteiger partial charge in [0.05, 0.1) is 13.2 Å². The molecule has 1 unspecified atom stereocenters. The molecule has 0 aliphatic rings. The van der Waals surface area contributed by atoms with Crippen molar-refractivity contribution >= 4 is 34.6 Å². The normalized spacial score (nSPS) is 11.5. The Morgan fingerprint density at radius 3 is 2.46 bits per heavy atom. The highest BCUT2D eigenvalue weighted by molar-refractivity contribution is 7.80. The average molecular weight is 365 g/mol. The van der Waals surface area contributed by atoms with Crippen LogP contribution >= 0.6 is 23.8 Å². The number of nitrogens with one attached hydrogen (secondary N) is 2. The minimum Gasteiger partial charge on any atom is -0.497 e. The van der Waals surface area contributed by atoms with Gasteiger partial charge in [-0.25, -0.2) is 0 Å². The van der Waals surface area contributed by atoms with Gasteiger partial charge in [-0.15, -0.1) is 0 Å². The molecule has 0 aliphatic carbocycles. The van der Waals surface area contributed by atoms with Crippen molar-refractivity contribution in [3.8, 4) is 11.5 Å². The van der Waals surface area contributed by atoms with Crippen LogP contribution in [-0.4, -0.2) is 24.9 Å². The summed E-state index contributed by atoms with van der Waals surface area (Å²) < 4.78 is 10.8. The molecule has 128 valence electrons. The van der Waals surface area contributed by atoms with E-state index in [1.807, 2.05) is 56.3 Å². The van der Waals surface area contributed by atoms with Gasteiger partial charge >= 0.3 is 0 Å². The largest absolute Gasteiger partial charge is 0.497 e. The van der Waals surface area contributed by atoms with Crippen molar-refractivity contribution in [2.75, 3.05) is 19.0 Å². The summed E-state index contributed by atoms with van der Waals surface area (Å²) in [6.45, 7) is 4.45. The van der Waals surface area contributed by atoms with Crippen molar-refractivity contribution in [3.05, 3.63) is 53.1 Å². The van der Waals surface area contributed by atoms with Crippen molar-refractivity contribution < 1.29 is 9.47 Å². The maximum absolute atomic E-state index is 6.11. The number of hydrogen-bond donors (Lipinski definition) is 2. The Kier molecular flexibility index (Phi) is 6.70. The molecule has 0 aromatic heterocycles. The van der Waals surface area contributed by atoms with E-state index in [0.717, 1.165) is 22.7 Å². The highest BCUT2D eigenvalue weighted by Crippen LogP contribution is 2.20. The number of thiocarbonyl (C=S) groups is 1. The van der Waals surface area contributed by atoms with E-state index in [4.69, 9.17) is 33.3 Å². The molecular formula is C18H21ClN2O2S. The van der Waals surface area contributed by atoms with Crippen LogP contribution in [0.25, 0.3) is 0 Å². The van der Waals surface area contributed by atoms with Gasteiger partial charge in [-0.1, -0.05) is 17.7 Å². The third-order valence-corrected chi connectivity index (χ3v) is 3.99. The first-order chi connectivity index (χ1) is 11.5. The van der Waals surface area contributed by atoms with E-state index in [1.165, 1.54) is 0 Å². The zero-order valence-electron chi connectivity index (χ0n) is 13.9. The summed E-state index contributed by atoms with van der Waals surface area (Å²) in [6, 6.07) is 13.3. The van der Waals surface area contributed by atoms with Crippen molar-refractivity contribution in [2.24, 2.45) is 0 Å². The van der Waals surface area contributed by atoms with Crippen LogP contribution < -0.4 is 20.1 Å². The maximum atomic E-state index is 6.11. The number of benzene rings is 2. The number of aryl methyl sites for hydroxylation is 1. The Balaban J connectivity index is 1.79. The van der Waals surface area contributed by atoms with Crippen molar-refractivity contribution in [1.29, 1.82) is 0 Å². The van der Waals surface area contributed by atoms with E-state index in [0.29, 0.717) is 16.7 Å². The van der Waals surface area contributed by atoms with Gasteiger partial charge in [0, 0.05) is 10.7 Å². The molecule has 0 aliphatic heterocycles. The second kappa shape index (κ2) is 8.76. The predicted octanol–water partition coefficient (Wildman–Crippen LogP) is 4.41. The third-order valence-electron chi connectivity index (χ3n) is 3.37. The predicted molar refractivity (Wildman–Crippen MR) is 103 cm³/mol. The lowest BCUT2D eigenvalue weighted by Gasteiger charge is -2.18. The third kappa shape index (κ3) is 5.58. The van der Waals surface area contributed by atoms with Gasteiger partial charge in [-0.05, 0) is 68.0 Å². The molecule has 0 saturated heterocycles. The number of hydrogen-bond acceptors (Lipinski definition) is 3. The van der Waals surface area contributed by atoms with E-state index < -0.39 is 0 Å². The fourth-order valence-corrected chi connectivity index (χ4v) is 2.50. The highest BCUT2D eigenvalue weighted by atomic mass is 35.5. The van der Waals surface area contributed by atoms with Crippen LogP contribution in [0.3, 0.4) is 0 Å². The van der Waals surface area contributed by atoms with Crippen molar-refractivity contribution in [1.82, 2.24) is 5.32 Å². The SMILES string of the molecule is COc1ccc(OCC(C)NC(=S)Nc2ccc(C)c(Cl)c2)cc1. The quantitative estimate of drug-likeness (QED) is 0.743. The number of halogens is 1. The molecule has 0 bridgehead atoms. The summed E-state index contributed by atoms with van der Waals surface area (Å²) in [5, 5.41) is 7.54. The highest BCUT2D eigenvalue weighted by Gasteiger charge is 2.06. The molecule has 0 saturated carbocycles. The van der Waals surface area contributed by atoms with Crippen LogP contribution in [0.4, 0.5) is 5.69 Å². The van der Waals surface area contributed by atoms with Crippen LogP contribution in [0, 0.1) is 6.92 Å². The van der Waals surface area contributed by atoms with Gasteiger partial charge in [0.2, 0.25) is 0 Å². The summed E-state index contributed by atoms with van der Waals surface area (Å²) in [7, 11) is 1.64. The number of rotatable bonds is 6. The first-order valence-corrected chi connectivity index (χ1v) is 8.37. The molecule has 2 aromatic carbocycles. The maximum Gasteiger partial charge on any atom is 0.171 e. The number of anilines is 1. The number of ether oxygens (including phenoxy) is 2. The van der Waals surface area contributed by atoms with E-state index in [-0.39, 0.29) is 6.04 Å². The molecule has 2 aromatic rings. The lowest BCUT2D eigenvalue weighted by atomic mass is 10.2. The average Bonchev–Trinajstić information content (AvgIpc) is 2.56. The molecule has 0 heterocycles. The second-order valence-corrected chi connectivity index (χ2v) is 6.27. The summed E-state index contributed by atoms with van der Waals surface area (Å²) >= 11 is 11.4. The first kappa shape index (κ1) is 18.4. The van der Waals surface area contributed by atoms with Gasteiger partial charge < -0.3 is 20.1 Å². The van der Waals surface area contributed by atoms with Gasteiger partial charge in [-0.3, -0.25) is 0 Å². The molecule has 0 amide bonds. The molecule has 2 rings (SSSR count). The summed E-state index contributed by atoms with van der Waals surface area (Å²) in [5.41, 5.74) is 1.88. The molecule has 24 heavy (non-hydrogen) atoms. The Labute approximate surface area is 153 Å². The fourth-order valence-electron chi connectivity index (χ4n) is 2.00. The van der Waals surface area contributed by atoms with Crippen LogP contribution in [-0.2, 0) is 0 Å². The minimum absolute atomic E-state index is 0.0491. The number of methoxy groups -OCH3 is 1.